The summed E-state index contributed by atoms with van der Waals surface area (Å²) in [6.07, 6.45) is -2.39. The lowest BCUT2D eigenvalue weighted by Gasteiger charge is -2.09. The van der Waals surface area contributed by atoms with E-state index in [9.17, 15) is 13.2 Å². The standard InChI is InChI=1S/C9H8F3N3/c10-9(11,12)2-4-15-8-6-14-3-1-7(8)5-13/h1,3,6,15H,2,4H2. The van der Waals surface area contributed by atoms with Crippen molar-refractivity contribution in [3.05, 3.63) is 24.0 Å². The van der Waals surface area contributed by atoms with E-state index in [1.165, 1.54) is 18.5 Å². The van der Waals surface area contributed by atoms with Crippen LogP contribution in [0.25, 0.3) is 0 Å². The molecular formula is C9H8F3N3. The van der Waals surface area contributed by atoms with Gasteiger partial charge in [-0.1, -0.05) is 0 Å². The molecular weight excluding hydrogens is 207 g/mol. The van der Waals surface area contributed by atoms with Gasteiger partial charge in [0.2, 0.25) is 0 Å². The summed E-state index contributed by atoms with van der Waals surface area (Å²) in [6, 6.07) is 3.30. The Hall–Kier alpha value is -1.77. The van der Waals surface area contributed by atoms with Gasteiger partial charge < -0.3 is 5.32 Å². The van der Waals surface area contributed by atoms with Crippen LogP contribution in [-0.2, 0) is 0 Å². The summed E-state index contributed by atoms with van der Waals surface area (Å²) in [4.78, 5) is 3.71. The van der Waals surface area contributed by atoms with Crippen molar-refractivity contribution < 1.29 is 13.2 Å². The number of nitriles is 1. The van der Waals surface area contributed by atoms with Crippen LogP contribution < -0.4 is 5.32 Å². The minimum absolute atomic E-state index is 0.260. The number of alkyl halides is 3. The molecule has 0 amide bonds. The number of hydrogen-bond acceptors (Lipinski definition) is 3. The lowest BCUT2D eigenvalue weighted by Crippen LogP contribution is -2.15. The van der Waals surface area contributed by atoms with Crippen molar-refractivity contribution in [2.75, 3.05) is 11.9 Å². The first-order valence-electron chi connectivity index (χ1n) is 4.17. The van der Waals surface area contributed by atoms with Gasteiger partial charge in [0, 0.05) is 12.7 Å². The lowest BCUT2D eigenvalue weighted by molar-refractivity contribution is -0.131. The van der Waals surface area contributed by atoms with Crippen LogP contribution >= 0.6 is 0 Å². The van der Waals surface area contributed by atoms with Gasteiger partial charge in [-0.2, -0.15) is 18.4 Å². The average Bonchev–Trinajstić information content (AvgIpc) is 2.16. The first-order chi connectivity index (χ1) is 7.03. The van der Waals surface area contributed by atoms with E-state index in [0.29, 0.717) is 5.69 Å². The molecule has 1 N–H and O–H groups in total. The van der Waals surface area contributed by atoms with Crippen molar-refractivity contribution in [2.45, 2.75) is 12.6 Å². The van der Waals surface area contributed by atoms with E-state index in [2.05, 4.69) is 10.3 Å². The smallest absolute Gasteiger partial charge is 0.382 e. The van der Waals surface area contributed by atoms with E-state index in [1.54, 1.807) is 0 Å². The Morgan fingerprint density at radius 2 is 2.20 bits per heavy atom. The molecule has 0 unspecified atom stereocenters. The molecule has 1 heterocycles. The molecule has 1 aromatic rings. The summed E-state index contributed by atoms with van der Waals surface area (Å²) in [6.45, 7) is -0.260. The fourth-order valence-electron chi connectivity index (χ4n) is 0.972. The zero-order valence-electron chi connectivity index (χ0n) is 7.67. The quantitative estimate of drug-likeness (QED) is 0.841. The van der Waals surface area contributed by atoms with E-state index in [-0.39, 0.29) is 12.1 Å². The van der Waals surface area contributed by atoms with Gasteiger partial charge in [0.15, 0.2) is 0 Å². The number of rotatable bonds is 3. The van der Waals surface area contributed by atoms with E-state index in [1.807, 2.05) is 6.07 Å². The molecule has 0 atom stereocenters. The number of hydrogen-bond donors (Lipinski definition) is 1. The first kappa shape index (κ1) is 11.3. The monoisotopic (exact) mass is 215 g/mol. The number of anilines is 1. The summed E-state index contributed by atoms with van der Waals surface area (Å²) < 4.78 is 35.5. The fraction of sp³-hybridized carbons (Fsp3) is 0.333. The molecule has 3 nitrogen and oxygen atoms in total. The highest BCUT2D eigenvalue weighted by Gasteiger charge is 2.26. The SMILES string of the molecule is N#Cc1ccncc1NCCC(F)(F)F. The second kappa shape index (κ2) is 4.64. The van der Waals surface area contributed by atoms with Gasteiger partial charge in [-0.25, -0.2) is 0 Å². The van der Waals surface area contributed by atoms with Crippen molar-refractivity contribution in [1.29, 1.82) is 5.26 Å². The Bertz CT molecular complexity index is 368. The molecule has 0 bridgehead atoms. The third-order valence-electron chi connectivity index (χ3n) is 1.67. The van der Waals surface area contributed by atoms with Crippen molar-refractivity contribution in [1.82, 2.24) is 4.98 Å². The molecule has 6 heteroatoms. The van der Waals surface area contributed by atoms with Gasteiger partial charge >= 0.3 is 6.18 Å². The highest BCUT2D eigenvalue weighted by Crippen LogP contribution is 2.20. The summed E-state index contributed by atoms with van der Waals surface area (Å²) in [5.41, 5.74) is 0.608. The predicted molar refractivity (Wildman–Crippen MR) is 48.1 cm³/mol. The van der Waals surface area contributed by atoms with E-state index in [4.69, 9.17) is 5.26 Å². The number of halogens is 3. The molecule has 0 fully saturated rings. The molecule has 1 rings (SSSR count). The first-order valence-corrected chi connectivity index (χ1v) is 4.17. The van der Waals surface area contributed by atoms with Crippen LogP contribution in [0.15, 0.2) is 18.5 Å². The molecule has 0 saturated heterocycles. The summed E-state index contributed by atoms with van der Waals surface area (Å²) in [5, 5.41) is 11.2. The van der Waals surface area contributed by atoms with Gasteiger partial charge in [0.25, 0.3) is 0 Å². The number of nitrogens with zero attached hydrogens (tertiary/aromatic N) is 2. The molecule has 0 aromatic carbocycles. The van der Waals surface area contributed by atoms with Crippen LogP contribution in [0.2, 0.25) is 0 Å². The Kier molecular flexibility index (Phi) is 3.50. The summed E-state index contributed by atoms with van der Waals surface area (Å²) in [5.74, 6) is 0. The minimum Gasteiger partial charge on any atom is -0.382 e. The number of pyridine rings is 1. The molecule has 0 aliphatic rings. The van der Waals surface area contributed by atoms with Gasteiger partial charge in [-0.05, 0) is 6.07 Å². The second-order valence-corrected chi connectivity index (χ2v) is 2.83. The molecule has 0 spiro atoms. The van der Waals surface area contributed by atoms with Crippen LogP contribution in [0.1, 0.15) is 12.0 Å². The second-order valence-electron chi connectivity index (χ2n) is 2.83. The van der Waals surface area contributed by atoms with Gasteiger partial charge in [0.05, 0.1) is 23.9 Å². The molecule has 1 aromatic heterocycles. The maximum Gasteiger partial charge on any atom is 0.390 e. The average molecular weight is 215 g/mol. The van der Waals surface area contributed by atoms with E-state index in [0.717, 1.165) is 0 Å². The van der Waals surface area contributed by atoms with Crippen molar-refractivity contribution in [2.24, 2.45) is 0 Å². The molecule has 15 heavy (non-hydrogen) atoms. The molecule has 80 valence electrons. The van der Waals surface area contributed by atoms with E-state index < -0.39 is 12.6 Å². The Labute approximate surface area is 84.5 Å². The Balaban J connectivity index is 2.55. The van der Waals surface area contributed by atoms with E-state index >= 15 is 0 Å². The number of aromatic nitrogens is 1. The highest BCUT2D eigenvalue weighted by molar-refractivity contribution is 5.55. The maximum atomic E-state index is 11.8. The van der Waals surface area contributed by atoms with Crippen molar-refractivity contribution >= 4 is 5.69 Å². The summed E-state index contributed by atoms with van der Waals surface area (Å²) >= 11 is 0. The largest absolute Gasteiger partial charge is 0.390 e. The van der Waals surface area contributed by atoms with Gasteiger partial charge in [-0.15, -0.1) is 0 Å². The number of nitrogens with one attached hydrogen (secondary N) is 1. The molecule has 0 aliphatic heterocycles. The van der Waals surface area contributed by atoms with Gasteiger partial charge in [-0.3, -0.25) is 4.98 Å². The Morgan fingerprint density at radius 1 is 1.47 bits per heavy atom. The third-order valence-corrected chi connectivity index (χ3v) is 1.67. The third kappa shape index (κ3) is 3.85. The lowest BCUT2D eigenvalue weighted by atomic mass is 10.2. The minimum atomic E-state index is -4.19. The zero-order chi connectivity index (χ0) is 11.3. The van der Waals surface area contributed by atoms with Gasteiger partial charge in [0.1, 0.15) is 6.07 Å². The maximum absolute atomic E-state index is 11.8. The highest BCUT2D eigenvalue weighted by atomic mass is 19.4. The summed E-state index contributed by atoms with van der Waals surface area (Å²) in [7, 11) is 0. The Morgan fingerprint density at radius 3 is 2.80 bits per heavy atom. The fourth-order valence-corrected chi connectivity index (χ4v) is 0.972. The van der Waals surface area contributed by atoms with Crippen LogP contribution in [-0.4, -0.2) is 17.7 Å². The topological polar surface area (TPSA) is 48.7 Å². The van der Waals surface area contributed by atoms with Crippen LogP contribution in [0, 0.1) is 11.3 Å². The van der Waals surface area contributed by atoms with Crippen LogP contribution in [0.5, 0.6) is 0 Å². The van der Waals surface area contributed by atoms with Crippen LogP contribution in [0.4, 0.5) is 18.9 Å². The molecule has 0 radical (unpaired) electrons. The predicted octanol–water partition coefficient (Wildman–Crippen LogP) is 2.32. The molecule has 0 aliphatic carbocycles. The van der Waals surface area contributed by atoms with Crippen LogP contribution in [0.3, 0.4) is 0 Å². The van der Waals surface area contributed by atoms with Crippen molar-refractivity contribution in [3.63, 3.8) is 0 Å². The zero-order valence-corrected chi connectivity index (χ0v) is 7.67. The molecule has 0 saturated carbocycles. The normalized spacial score (nSPS) is 10.8. The van der Waals surface area contributed by atoms with Crippen molar-refractivity contribution in [3.8, 4) is 6.07 Å².